The molecule has 0 saturated carbocycles. The molecule has 0 radical (unpaired) electrons. The van der Waals surface area contributed by atoms with Crippen molar-refractivity contribution < 1.29 is 0 Å². The van der Waals surface area contributed by atoms with E-state index >= 15 is 0 Å². The van der Waals surface area contributed by atoms with Gasteiger partial charge in [-0.3, -0.25) is 4.99 Å². The molecule has 0 aliphatic carbocycles. The van der Waals surface area contributed by atoms with Crippen molar-refractivity contribution in [1.82, 2.24) is 10.2 Å². The zero-order valence-electron chi connectivity index (χ0n) is 10.1. The number of likely N-dealkylation sites (N-methyl/N-ethyl adjacent to an activating group) is 1. The number of nitrogens with one attached hydrogen (secondary N) is 1. The summed E-state index contributed by atoms with van der Waals surface area (Å²) in [5.41, 5.74) is 0. The fourth-order valence-electron chi connectivity index (χ4n) is 1.44. The standard InChI is InChI=1S/C11H23N3S/c1-4-10(2)14(3)8-7-13-11-12-6-5-9-15-11/h10H,4-9H2,1-3H3,(H,12,13). The van der Waals surface area contributed by atoms with Gasteiger partial charge in [0.25, 0.3) is 0 Å². The van der Waals surface area contributed by atoms with Crippen molar-refractivity contribution in [2.24, 2.45) is 4.99 Å². The van der Waals surface area contributed by atoms with Crippen molar-refractivity contribution in [3.63, 3.8) is 0 Å². The molecule has 15 heavy (non-hydrogen) atoms. The molecule has 0 spiro atoms. The van der Waals surface area contributed by atoms with E-state index in [4.69, 9.17) is 0 Å². The van der Waals surface area contributed by atoms with E-state index in [1.165, 1.54) is 18.6 Å². The summed E-state index contributed by atoms with van der Waals surface area (Å²) in [6.45, 7) is 7.60. The predicted octanol–water partition coefficient (Wildman–Crippen LogP) is 1.80. The van der Waals surface area contributed by atoms with Gasteiger partial charge in [0.05, 0.1) is 0 Å². The molecule has 0 aromatic carbocycles. The first-order valence-corrected chi connectivity index (χ1v) is 6.84. The maximum atomic E-state index is 4.44. The highest BCUT2D eigenvalue weighted by Gasteiger charge is 2.07. The van der Waals surface area contributed by atoms with Crippen LogP contribution in [0.25, 0.3) is 0 Å². The number of hydrogen-bond acceptors (Lipinski definition) is 4. The Kier molecular flexibility index (Phi) is 6.10. The highest BCUT2D eigenvalue weighted by molar-refractivity contribution is 8.13. The van der Waals surface area contributed by atoms with Gasteiger partial charge in [0.2, 0.25) is 0 Å². The van der Waals surface area contributed by atoms with E-state index in [2.05, 4.69) is 36.1 Å². The number of nitrogens with zero attached hydrogens (tertiary/aromatic N) is 2. The summed E-state index contributed by atoms with van der Waals surface area (Å²) in [6, 6.07) is 0.674. The van der Waals surface area contributed by atoms with Gasteiger partial charge in [-0.2, -0.15) is 0 Å². The van der Waals surface area contributed by atoms with Crippen molar-refractivity contribution in [3.8, 4) is 0 Å². The first kappa shape index (κ1) is 12.8. The Morgan fingerprint density at radius 2 is 2.40 bits per heavy atom. The lowest BCUT2D eigenvalue weighted by Gasteiger charge is -2.24. The topological polar surface area (TPSA) is 27.6 Å². The van der Waals surface area contributed by atoms with Crippen molar-refractivity contribution in [2.75, 3.05) is 32.4 Å². The van der Waals surface area contributed by atoms with Crippen LogP contribution < -0.4 is 5.32 Å². The van der Waals surface area contributed by atoms with Crippen molar-refractivity contribution in [1.29, 1.82) is 0 Å². The molecule has 0 saturated heterocycles. The van der Waals surface area contributed by atoms with E-state index in [-0.39, 0.29) is 0 Å². The summed E-state index contributed by atoms with van der Waals surface area (Å²) in [5, 5.41) is 4.54. The van der Waals surface area contributed by atoms with Crippen molar-refractivity contribution >= 4 is 16.9 Å². The summed E-state index contributed by atoms with van der Waals surface area (Å²) >= 11 is 1.85. The quantitative estimate of drug-likeness (QED) is 0.779. The summed E-state index contributed by atoms with van der Waals surface area (Å²) in [5.74, 6) is 1.22. The molecule has 1 N–H and O–H groups in total. The average molecular weight is 229 g/mol. The minimum Gasteiger partial charge on any atom is -0.364 e. The second-order valence-electron chi connectivity index (χ2n) is 4.05. The van der Waals surface area contributed by atoms with E-state index in [1.54, 1.807) is 0 Å². The molecule has 1 rings (SSSR count). The van der Waals surface area contributed by atoms with Gasteiger partial charge in [-0.05, 0) is 26.8 Å². The molecule has 3 nitrogen and oxygen atoms in total. The van der Waals surface area contributed by atoms with Gasteiger partial charge in [0.1, 0.15) is 0 Å². The highest BCUT2D eigenvalue weighted by Crippen LogP contribution is 2.09. The smallest absolute Gasteiger partial charge is 0.156 e. The molecule has 0 amide bonds. The molecule has 1 aliphatic rings. The number of thioether (sulfide) groups is 1. The van der Waals surface area contributed by atoms with Crippen LogP contribution in [0.4, 0.5) is 0 Å². The van der Waals surface area contributed by atoms with Crippen LogP contribution in [0.3, 0.4) is 0 Å². The Morgan fingerprint density at radius 3 is 3.00 bits per heavy atom. The third-order valence-electron chi connectivity index (χ3n) is 2.88. The van der Waals surface area contributed by atoms with Gasteiger partial charge in [-0.15, -0.1) is 0 Å². The first-order chi connectivity index (χ1) is 7.24. The highest BCUT2D eigenvalue weighted by atomic mass is 32.2. The maximum Gasteiger partial charge on any atom is 0.156 e. The predicted molar refractivity (Wildman–Crippen MR) is 69.8 cm³/mol. The molecule has 4 heteroatoms. The molecule has 0 bridgehead atoms. The third kappa shape index (κ3) is 4.89. The third-order valence-corrected chi connectivity index (χ3v) is 3.92. The van der Waals surface area contributed by atoms with Crippen LogP contribution in [-0.2, 0) is 0 Å². The second-order valence-corrected chi connectivity index (χ2v) is 5.14. The normalized spacial score (nSPS) is 18.8. The fourth-order valence-corrected chi connectivity index (χ4v) is 2.29. The average Bonchev–Trinajstić information content (AvgIpc) is 2.29. The molecular formula is C11H23N3S. The lowest BCUT2D eigenvalue weighted by molar-refractivity contribution is 0.256. The van der Waals surface area contributed by atoms with Gasteiger partial charge in [-0.25, -0.2) is 0 Å². The summed E-state index contributed by atoms with van der Waals surface area (Å²) in [6.07, 6.45) is 2.44. The van der Waals surface area contributed by atoms with Gasteiger partial charge >= 0.3 is 0 Å². The Bertz CT molecular complexity index is 206. The number of amidine groups is 1. The molecular weight excluding hydrogens is 206 g/mol. The number of rotatable bonds is 5. The van der Waals surface area contributed by atoms with E-state index in [9.17, 15) is 0 Å². The van der Waals surface area contributed by atoms with E-state index in [0.29, 0.717) is 6.04 Å². The fraction of sp³-hybridized carbons (Fsp3) is 0.909. The molecule has 0 aromatic rings. The largest absolute Gasteiger partial charge is 0.364 e. The zero-order valence-corrected chi connectivity index (χ0v) is 10.9. The van der Waals surface area contributed by atoms with Gasteiger partial charge in [-0.1, -0.05) is 18.7 Å². The van der Waals surface area contributed by atoms with Crippen LogP contribution in [0.2, 0.25) is 0 Å². The summed E-state index contributed by atoms with van der Waals surface area (Å²) in [7, 11) is 2.19. The van der Waals surface area contributed by atoms with Gasteiger partial charge in [0.15, 0.2) is 5.17 Å². The minimum atomic E-state index is 0.674. The summed E-state index contributed by atoms with van der Waals surface area (Å²) < 4.78 is 0. The molecule has 1 heterocycles. The molecule has 1 unspecified atom stereocenters. The SMILES string of the molecule is CCC(C)N(C)CCNC1=NCCCS1. The molecule has 1 atom stereocenters. The van der Waals surface area contributed by atoms with Gasteiger partial charge < -0.3 is 10.2 Å². The van der Waals surface area contributed by atoms with Crippen LogP contribution in [0, 0.1) is 0 Å². The van der Waals surface area contributed by atoms with Crippen LogP contribution in [-0.4, -0.2) is 48.5 Å². The minimum absolute atomic E-state index is 0.674. The molecule has 88 valence electrons. The Balaban J connectivity index is 2.12. The monoisotopic (exact) mass is 229 g/mol. The Labute approximate surface area is 97.7 Å². The van der Waals surface area contributed by atoms with E-state index in [1.807, 2.05) is 11.8 Å². The maximum absolute atomic E-state index is 4.44. The van der Waals surface area contributed by atoms with Crippen molar-refractivity contribution in [2.45, 2.75) is 32.7 Å². The zero-order chi connectivity index (χ0) is 11.1. The van der Waals surface area contributed by atoms with Crippen LogP contribution in [0.5, 0.6) is 0 Å². The van der Waals surface area contributed by atoms with E-state index in [0.717, 1.165) is 24.8 Å². The Morgan fingerprint density at radius 1 is 1.60 bits per heavy atom. The summed E-state index contributed by atoms with van der Waals surface area (Å²) in [4.78, 5) is 6.83. The molecule has 0 aromatic heterocycles. The molecule has 0 fully saturated rings. The lowest BCUT2D eigenvalue weighted by atomic mass is 10.2. The lowest BCUT2D eigenvalue weighted by Crippen LogP contribution is -2.36. The first-order valence-electron chi connectivity index (χ1n) is 5.85. The van der Waals surface area contributed by atoms with Crippen LogP contribution in [0.15, 0.2) is 4.99 Å². The molecule has 1 aliphatic heterocycles. The van der Waals surface area contributed by atoms with E-state index < -0.39 is 0 Å². The Hall–Kier alpha value is -0.220. The van der Waals surface area contributed by atoms with Crippen molar-refractivity contribution in [3.05, 3.63) is 0 Å². The van der Waals surface area contributed by atoms with Crippen LogP contribution in [0.1, 0.15) is 26.7 Å². The number of aliphatic imine (C=N–C) groups is 1. The van der Waals surface area contributed by atoms with Gasteiger partial charge in [0, 0.05) is 31.4 Å². The second kappa shape index (κ2) is 7.12. The van der Waals surface area contributed by atoms with Crippen LogP contribution >= 0.6 is 11.8 Å². The number of hydrogen-bond donors (Lipinski definition) is 1.